The van der Waals surface area contributed by atoms with Crippen LogP contribution in [0.5, 0.6) is 0 Å². The normalized spacial score (nSPS) is 11.0. The number of nitrogens with one attached hydrogen (secondary N) is 1. The molecule has 0 unspecified atom stereocenters. The number of aliphatic carboxylic acids is 1. The van der Waals surface area contributed by atoms with Crippen molar-refractivity contribution in [2.24, 2.45) is 0 Å². The fourth-order valence-corrected chi connectivity index (χ4v) is 1.82. The molecule has 0 aliphatic rings. The Bertz CT molecular complexity index is 563. The number of sulfonamides is 1. The molecule has 0 aromatic heterocycles. The van der Waals surface area contributed by atoms with Crippen molar-refractivity contribution in [3.05, 3.63) is 29.8 Å². The molecule has 0 amide bonds. The van der Waals surface area contributed by atoms with E-state index in [1.165, 1.54) is 24.3 Å². The molecule has 0 aliphatic heterocycles. The quantitative estimate of drug-likeness (QED) is 0.700. The minimum atomic E-state index is -3.36. The summed E-state index contributed by atoms with van der Waals surface area (Å²) in [6.07, 6.45) is 1.02. The standard InChI is InChI=1S/C11H13NO6S/c1-19(16,17)12-9-4-2-8(3-5-9)10(13)6-18-7-11(14)15/h2-5,12H,6-7H2,1H3,(H,14,15). The molecule has 2 N–H and O–H groups in total. The minimum Gasteiger partial charge on any atom is -0.480 e. The summed E-state index contributed by atoms with van der Waals surface area (Å²) in [4.78, 5) is 21.8. The first-order chi connectivity index (χ1) is 8.78. The number of carboxylic acid groups (broad SMARTS) is 1. The van der Waals surface area contributed by atoms with Crippen molar-refractivity contribution >= 4 is 27.5 Å². The molecule has 104 valence electrons. The molecule has 1 rings (SSSR count). The zero-order valence-corrected chi connectivity index (χ0v) is 10.9. The second kappa shape index (κ2) is 6.30. The van der Waals surface area contributed by atoms with Gasteiger partial charge in [-0.1, -0.05) is 0 Å². The summed E-state index contributed by atoms with van der Waals surface area (Å²) in [5, 5.41) is 8.34. The Hall–Kier alpha value is -1.93. The van der Waals surface area contributed by atoms with E-state index in [4.69, 9.17) is 5.11 Å². The van der Waals surface area contributed by atoms with Gasteiger partial charge < -0.3 is 9.84 Å². The molecule has 19 heavy (non-hydrogen) atoms. The Morgan fingerprint density at radius 3 is 2.26 bits per heavy atom. The van der Waals surface area contributed by atoms with E-state index >= 15 is 0 Å². The molecule has 0 heterocycles. The van der Waals surface area contributed by atoms with Crippen molar-refractivity contribution in [3.63, 3.8) is 0 Å². The van der Waals surface area contributed by atoms with Crippen LogP contribution in [0.3, 0.4) is 0 Å². The molecule has 7 nitrogen and oxygen atoms in total. The highest BCUT2D eigenvalue weighted by Gasteiger charge is 2.08. The third-order valence-electron chi connectivity index (χ3n) is 1.97. The van der Waals surface area contributed by atoms with E-state index in [-0.39, 0.29) is 12.4 Å². The summed E-state index contributed by atoms with van der Waals surface area (Å²) >= 11 is 0. The van der Waals surface area contributed by atoms with Crippen LogP contribution in [-0.4, -0.2) is 44.7 Å². The number of carbonyl (C=O) groups is 2. The highest BCUT2D eigenvalue weighted by atomic mass is 32.2. The van der Waals surface area contributed by atoms with Gasteiger partial charge in [0.1, 0.15) is 13.2 Å². The minimum absolute atomic E-state index is 0.310. The smallest absolute Gasteiger partial charge is 0.329 e. The van der Waals surface area contributed by atoms with Gasteiger partial charge in [-0.2, -0.15) is 0 Å². The van der Waals surface area contributed by atoms with Crippen LogP contribution in [0.2, 0.25) is 0 Å². The highest BCUT2D eigenvalue weighted by Crippen LogP contribution is 2.11. The molecule has 0 aliphatic carbocycles. The van der Waals surface area contributed by atoms with Crippen LogP contribution in [0.4, 0.5) is 5.69 Å². The lowest BCUT2D eigenvalue weighted by Gasteiger charge is -2.05. The molecule has 0 atom stereocenters. The second-order valence-electron chi connectivity index (χ2n) is 3.76. The summed E-state index contributed by atoms with van der Waals surface area (Å²) in [5.74, 6) is -1.53. The van der Waals surface area contributed by atoms with E-state index in [0.717, 1.165) is 6.26 Å². The van der Waals surface area contributed by atoms with E-state index in [2.05, 4.69) is 9.46 Å². The fourth-order valence-electron chi connectivity index (χ4n) is 1.25. The number of Topliss-reactive ketones (excluding diaryl/α,β-unsaturated/α-hetero) is 1. The number of ketones is 1. The van der Waals surface area contributed by atoms with Crippen LogP contribution >= 0.6 is 0 Å². The predicted molar refractivity (Wildman–Crippen MR) is 67.7 cm³/mol. The first-order valence-electron chi connectivity index (χ1n) is 5.18. The van der Waals surface area contributed by atoms with Crippen molar-refractivity contribution in [1.82, 2.24) is 0 Å². The average molecular weight is 287 g/mol. The highest BCUT2D eigenvalue weighted by molar-refractivity contribution is 7.92. The lowest BCUT2D eigenvalue weighted by molar-refractivity contribution is -0.141. The lowest BCUT2D eigenvalue weighted by Crippen LogP contribution is -2.14. The van der Waals surface area contributed by atoms with Crippen LogP contribution in [0, 0.1) is 0 Å². The Balaban J connectivity index is 2.60. The molecule has 1 aromatic carbocycles. The van der Waals surface area contributed by atoms with Crippen LogP contribution in [0.25, 0.3) is 0 Å². The van der Waals surface area contributed by atoms with Crippen LogP contribution in [0.15, 0.2) is 24.3 Å². The van der Waals surface area contributed by atoms with E-state index in [1.54, 1.807) is 0 Å². The average Bonchev–Trinajstić information content (AvgIpc) is 2.27. The Labute approximate surface area is 110 Å². The fraction of sp³-hybridized carbons (Fsp3) is 0.273. The summed E-state index contributed by atoms with van der Waals surface area (Å²) in [6.45, 7) is -0.884. The number of ether oxygens (including phenoxy) is 1. The maximum Gasteiger partial charge on any atom is 0.329 e. The number of anilines is 1. The van der Waals surface area contributed by atoms with Gasteiger partial charge in [-0.25, -0.2) is 13.2 Å². The zero-order chi connectivity index (χ0) is 14.5. The Morgan fingerprint density at radius 1 is 1.21 bits per heavy atom. The van der Waals surface area contributed by atoms with Gasteiger partial charge in [-0.15, -0.1) is 0 Å². The van der Waals surface area contributed by atoms with E-state index < -0.39 is 22.6 Å². The number of benzene rings is 1. The van der Waals surface area contributed by atoms with Gasteiger partial charge in [-0.3, -0.25) is 9.52 Å². The van der Waals surface area contributed by atoms with Crippen molar-refractivity contribution in [2.45, 2.75) is 0 Å². The first-order valence-corrected chi connectivity index (χ1v) is 7.07. The van der Waals surface area contributed by atoms with Crippen LogP contribution in [-0.2, 0) is 19.6 Å². The Morgan fingerprint density at radius 2 is 1.79 bits per heavy atom. The van der Waals surface area contributed by atoms with Crippen molar-refractivity contribution in [3.8, 4) is 0 Å². The van der Waals surface area contributed by atoms with E-state index in [9.17, 15) is 18.0 Å². The van der Waals surface area contributed by atoms with Gasteiger partial charge in [0.25, 0.3) is 0 Å². The van der Waals surface area contributed by atoms with Crippen molar-refractivity contribution < 1.29 is 27.9 Å². The third-order valence-corrected chi connectivity index (χ3v) is 2.58. The summed E-state index contributed by atoms with van der Waals surface area (Å²) in [5.41, 5.74) is 0.648. The number of carbonyl (C=O) groups excluding carboxylic acids is 1. The van der Waals surface area contributed by atoms with Gasteiger partial charge >= 0.3 is 5.97 Å². The molecule has 0 saturated carbocycles. The molecule has 0 radical (unpaired) electrons. The van der Waals surface area contributed by atoms with Gasteiger partial charge in [0.15, 0.2) is 5.78 Å². The summed E-state index contributed by atoms with van der Waals surface area (Å²) in [7, 11) is -3.36. The maximum absolute atomic E-state index is 11.6. The molecular formula is C11H13NO6S. The van der Waals surface area contributed by atoms with Gasteiger partial charge in [0.2, 0.25) is 10.0 Å². The topological polar surface area (TPSA) is 110 Å². The molecule has 0 fully saturated rings. The number of hydrogen-bond acceptors (Lipinski definition) is 5. The molecule has 0 bridgehead atoms. The zero-order valence-electron chi connectivity index (χ0n) is 10.1. The van der Waals surface area contributed by atoms with E-state index in [1.807, 2.05) is 0 Å². The van der Waals surface area contributed by atoms with Gasteiger partial charge in [0, 0.05) is 11.3 Å². The maximum atomic E-state index is 11.6. The molecule has 8 heteroatoms. The molecule has 0 saturated heterocycles. The van der Waals surface area contributed by atoms with Gasteiger partial charge in [0.05, 0.1) is 6.26 Å². The third kappa shape index (κ3) is 5.98. The Kier molecular flexibility index (Phi) is 5.02. The summed E-state index contributed by atoms with van der Waals surface area (Å²) in [6, 6.07) is 5.73. The summed E-state index contributed by atoms with van der Waals surface area (Å²) < 4.78 is 28.9. The van der Waals surface area contributed by atoms with Crippen molar-refractivity contribution in [1.29, 1.82) is 0 Å². The van der Waals surface area contributed by atoms with Crippen LogP contribution in [0.1, 0.15) is 10.4 Å². The van der Waals surface area contributed by atoms with Crippen molar-refractivity contribution in [2.75, 3.05) is 24.2 Å². The lowest BCUT2D eigenvalue weighted by atomic mass is 10.1. The molecular weight excluding hydrogens is 274 g/mol. The molecule has 1 aromatic rings. The number of hydrogen-bond donors (Lipinski definition) is 2. The first kappa shape index (κ1) is 15.1. The van der Waals surface area contributed by atoms with Crippen LogP contribution < -0.4 is 4.72 Å². The monoisotopic (exact) mass is 287 g/mol. The largest absolute Gasteiger partial charge is 0.480 e. The SMILES string of the molecule is CS(=O)(=O)Nc1ccc(C(=O)COCC(=O)O)cc1. The number of rotatable bonds is 7. The molecule has 0 spiro atoms. The number of carboxylic acids is 1. The van der Waals surface area contributed by atoms with Gasteiger partial charge in [-0.05, 0) is 24.3 Å². The second-order valence-corrected chi connectivity index (χ2v) is 5.51. The predicted octanol–water partition coefficient (Wildman–Crippen LogP) is 0.342. The van der Waals surface area contributed by atoms with E-state index in [0.29, 0.717) is 11.3 Å².